The van der Waals surface area contributed by atoms with Crippen LogP contribution >= 0.6 is 0 Å². The van der Waals surface area contributed by atoms with Gasteiger partial charge in [0.15, 0.2) is 0 Å². The van der Waals surface area contributed by atoms with Gasteiger partial charge in [-0.2, -0.15) is 5.10 Å². The lowest BCUT2D eigenvalue weighted by Crippen LogP contribution is -2.07. The molecule has 0 aliphatic heterocycles. The first-order chi connectivity index (χ1) is 16.5. The van der Waals surface area contributed by atoms with Crippen LogP contribution in [0.5, 0.6) is 0 Å². The van der Waals surface area contributed by atoms with Crippen molar-refractivity contribution in [2.75, 3.05) is 20.6 Å². The van der Waals surface area contributed by atoms with Gasteiger partial charge in [0.05, 0.1) is 28.8 Å². The molecule has 0 amide bonds. The van der Waals surface area contributed by atoms with E-state index in [2.05, 4.69) is 49.2 Å². The number of nitrogens with one attached hydrogen (secondary N) is 2. The van der Waals surface area contributed by atoms with Gasteiger partial charge in [0.2, 0.25) is 0 Å². The molecule has 0 atom stereocenters. The maximum absolute atomic E-state index is 13.7. The number of allylic oxidation sites excluding steroid dienone is 2. The molecule has 0 unspecified atom stereocenters. The molecule has 1 aromatic carbocycles. The van der Waals surface area contributed by atoms with Gasteiger partial charge in [0.1, 0.15) is 5.82 Å². The number of halogens is 1. The lowest BCUT2D eigenvalue weighted by Gasteiger charge is -2.08. The van der Waals surface area contributed by atoms with Crippen LogP contribution in [0.2, 0.25) is 0 Å². The van der Waals surface area contributed by atoms with Crippen molar-refractivity contribution in [3.05, 3.63) is 84.1 Å². The Morgan fingerprint density at radius 3 is 2.82 bits per heavy atom. The molecule has 0 spiro atoms. The summed E-state index contributed by atoms with van der Waals surface area (Å²) in [6.45, 7) is 6.67. The molecular formula is C27H27FN6. The zero-order valence-corrected chi connectivity index (χ0v) is 19.6. The second kappa shape index (κ2) is 10.3. The molecule has 34 heavy (non-hydrogen) atoms. The molecule has 0 saturated carbocycles. The van der Waals surface area contributed by atoms with E-state index in [0.29, 0.717) is 11.4 Å². The molecule has 0 aliphatic carbocycles. The Morgan fingerprint density at radius 2 is 2.06 bits per heavy atom. The Bertz CT molecular complexity index is 1400. The molecule has 172 valence electrons. The van der Waals surface area contributed by atoms with Crippen LogP contribution in [0.15, 0.2) is 72.0 Å². The van der Waals surface area contributed by atoms with E-state index >= 15 is 0 Å². The van der Waals surface area contributed by atoms with E-state index in [0.717, 1.165) is 57.4 Å². The fourth-order valence-corrected chi connectivity index (χ4v) is 3.75. The summed E-state index contributed by atoms with van der Waals surface area (Å²) in [5, 5.41) is 11.4. The van der Waals surface area contributed by atoms with Crippen molar-refractivity contribution < 1.29 is 4.39 Å². The predicted octanol–water partition coefficient (Wildman–Crippen LogP) is 5.38. The SMILES string of the molecule is C=C(/C=C(\C=NC)c1cnc2ccc(-c3cn[nH]c3-c3ccc(F)c(C)n3)cc2c1)CCNC. The number of aromatic nitrogens is 4. The first-order valence-electron chi connectivity index (χ1n) is 11.0. The molecule has 3 aromatic heterocycles. The van der Waals surface area contributed by atoms with Gasteiger partial charge < -0.3 is 5.32 Å². The third-order valence-corrected chi connectivity index (χ3v) is 5.57. The van der Waals surface area contributed by atoms with Crippen LogP contribution in [0.3, 0.4) is 0 Å². The minimum Gasteiger partial charge on any atom is -0.319 e. The molecule has 0 bridgehead atoms. The van der Waals surface area contributed by atoms with Crippen LogP contribution in [0.25, 0.3) is 39.0 Å². The Balaban J connectivity index is 1.74. The third-order valence-electron chi connectivity index (χ3n) is 5.57. The van der Waals surface area contributed by atoms with E-state index in [-0.39, 0.29) is 5.82 Å². The van der Waals surface area contributed by atoms with E-state index in [1.54, 1.807) is 26.2 Å². The fourth-order valence-electron chi connectivity index (χ4n) is 3.75. The summed E-state index contributed by atoms with van der Waals surface area (Å²) in [7, 11) is 3.68. The Hall–Kier alpha value is -3.97. The summed E-state index contributed by atoms with van der Waals surface area (Å²) in [4.78, 5) is 13.3. The van der Waals surface area contributed by atoms with Crippen LogP contribution in [-0.2, 0) is 0 Å². The van der Waals surface area contributed by atoms with Gasteiger partial charge in [0.25, 0.3) is 0 Å². The molecule has 4 aromatic rings. The van der Waals surface area contributed by atoms with Crippen LogP contribution in [0, 0.1) is 12.7 Å². The number of hydrogen-bond donors (Lipinski definition) is 2. The molecule has 2 N–H and O–H groups in total. The maximum Gasteiger partial charge on any atom is 0.144 e. The summed E-state index contributed by atoms with van der Waals surface area (Å²) >= 11 is 0. The highest BCUT2D eigenvalue weighted by molar-refractivity contribution is 6.11. The molecule has 0 fully saturated rings. The highest BCUT2D eigenvalue weighted by atomic mass is 19.1. The standard InChI is InChI=1S/C27H27FN6/c1-17(9-10-29-3)11-21(14-30-4)22-13-20-12-19(5-7-25(20)31-15-22)23-16-32-34-27(23)26-8-6-24(28)18(2)33-26/h5-8,11-16,29H,1,9-10H2,2-4H3,(H,32,34)/b21-11+,30-14?. The highest BCUT2D eigenvalue weighted by Crippen LogP contribution is 2.32. The van der Waals surface area contributed by atoms with Crippen molar-refractivity contribution in [1.82, 2.24) is 25.5 Å². The summed E-state index contributed by atoms with van der Waals surface area (Å²) < 4.78 is 13.7. The minimum absolute atomic E-state index is 0.331. The smallest absolute Gasteiger partial charge is 0.144 e. The number of aromatic amines is 1. The van der Waals surface area contributed by atoms with E-state index in [9.17, 15) is 4.39 Å². The van der Waals surface area contributed by atoms with Crippen molar-refractivity contribution >= 4 is 22.7 Å². The highest BCUT2D eigenvalue weighted by Gasteiger charge is 2.13. The van der Waals surface area contributed by atoms with Crippen LogP contribution in [0.4, 0.5) is 4.39 Å². The summed E-state index contributed by atoms with van der Waals surface area (Å²) in [5.74, 6) is -0.331. The van der Waals surface area contributed by atoms with Crippen molar-refractivity contribution in [3.8, 4) is 22.5 Å². The molecule has 4 rings (SSSR count). The third kappa shape index (κ3) is 5.00. The van der Waals surface area contributed by atoms with Crippen molar-refractivity contribution in [1.29, 1.82) is 0 Å². The molecule has 0 aliphatic rings. The average molecular weight is 455 g/mol. The number of hydrogen-bond acceptors (Lipinski definition) is 5. The number of H-pyrrole nitrogens is 1. The van der Waals surface area contributed by atoms with Gasteiger partial charge in [-0.3, -0.25) is 15.1 Å². The second-order valence-electron chi connectivity index (χ2n) is 8.05. The van der Waals surface area contributed by atoms with Gasteiger partial charge >= 0.3 is 0 Å². The van der Waals surface area contributed by atoms with Crippen LogP contribution < -0.4 is 5.32 Å². The monoisotopic (exact) mass is 454 g/mol. The zero-order valence-electron chi connectivity index (χ0n) is 19.6. The van der Waals surface area contributed by atoms with Crippen molar-refractivity contribution in [2.24, 2.45) is 4.99 Å². The normalized spacial score (nSPS) is 12.1. The molecule has 3 heterocycles. The van der Waals surface area contributed by atoms with E-state index in [1.165, 1.54) is 6.07 Å². The number of aryl methyl sites for hydroxylation is 1. The summed E-state index contributed by atoms with van der Waals surface area (Å²) in [6.07, 6.45) is 8.34. The number of aliphatic imine (C=N–C) groups is 1. The Labute approximate surface area is 198 Å². The van der Waals surface area contributed by atoms with E-state index in [1.807, 2.05) is 37.7 Å². The van der Waals surface area contributed by atoms with Gasteiger partial charge in [0, 0.05) is 41.5 Å². The van der Waals surface area contributed by atoms with Crippen molar-refractivity contribution in [3.63, 3.8) is 0 Å². The molecule has 0 radical (unpaired) electrons. The van der Waals surface area contributed by atoms with Gasteiger partial charge in [-0.1, -0.05) is 24.3 Å². The van der Waals surface area contributed by atoms with E-state index < -0.39 is 0 Å². The summed E-state index contributed by atoms with van der Waals surface area (Å²) in [6, 6.07) is 11.2. The lowest BCUT2D eigenvalue weighted by atomic mass is 9.99. The molecule has 7 heteroatoms. The second-order valence-corrected chi connectivity index (χ2v) is 8.05. The number of fused-ring (bicyclic) bond motifs is 1. The topological polar surface area (TPSA) is 78.8 Å². The Kier molecular flexibility index (Phi) is 7.04. The maximum atomic E-state index is 13.7. The van der Waals surface area contributed by atoms with Gasteiger partial charge in [-0.05, 0) is 62.8 Å². The predicted molar refractivity (Wildman–Crippen MR) is 137 cm³/mol. The first kappa shape index (κ1) is 23.2. The first-order valence-corrected chi connectivity index (χ1v) is 11.0. The molecular weight excluding hydrogens is 427 g/mol. The quantitative estimate of drug-likeness (QED) is 0.277. The number of benzene rings is 1. The van der Waals surface area contributed by atoms with Crippen LogP contribution in [-0.4, -0.2) is 47.0 Å². The minimum atomic E-state index is -0.331. The number of rotatable bonds is 8. The largest absolute Gasteiger partial charge is 0.319 e. The number of pyridine rings is 2. The summed E-state index contributed by atoms with van der Waals surface area (Å²) in [5.41, 5.74) is 7.40. The lowest BCUT2D eigenvalue weighted by molar-refractivity contribution is 0.610. The Morgan fingerprint density at radius 1 is 1.21 bits per heavy atom. The zero-order chi connectivity index (χ0) is 24.1. The van der Waals surface area contributed by atoms with Crippen LogP contribution in [0.1, 0.15) is 17.7 Å². The number of nitrogens with zero attached hydrogens (tertiary/aromatic N) is 4. The van der Waals surface area contributed by atoms with Crippen molar-refractivity contribution in [2.45, 2.75) is 13.3 Å². The van der Waals surface area contributed by atoms with Gasteiger partial charge in [-0.25, -0.2) is 9.37 Å². The fraction of sp³-hybridized carbons (Fsp3) is 0.185. The average Bonchev–Trinajstić information content (AvgIpc) is 3.33. The van der Waals surface area contributed by atoms with E-state index in [4.69, 9.17) is 0 Å². The van der Waals surface area contributed by atoms with Gasteiger partial charge in [-0.15, -0.1) is 0 Å². The molecule has 0 saturated heterocycles. The molecule has 6 nitrogen and oxygen atoms in total.